The standard InChI is InChI=1S/C19H18N2O3/c1-13(22)14-5-7-15(8-6-14)18-11-17(16(12-20)19(23)24-18)21-9-3-2-4-10-21/h5-8,11H,2-4,9-10H2,1H3. The van der Waals surface area contributed by atoms with Crippen molar-refractivity contribution in [3.63, 3.8) is 0 Å². The molecule has 2 aromatic rings. The van der Waals surface area contributed by atoms with E-state index in [1.807, 2.05) is 6.07 Å². The summed E-state index contributed by atoms with van der Waals surface area (Å²) in [6.45, 7) is 3.17. The second kappa shape index (κ2) is 6.71. The van der Waals surface area contributed by atoms with Gasteiger partial charge in [-0.2, -0.15) is 5.26 Å². The quantitative estimate of drug-likeness (QED) is 0.810. The summed E-state index contributed by atoms with van der Waals surface area (Å²) >= 11 is 0. The summed E-state index contributed by atoms with van der Waals surface area (Å²) in [7, 11) is 0. The van der Waals surface area contributed by atoms with Crippen molar-refractivity contribution in [1.82, 2.24) is 0 Å². The third-order valence-corrected chi connectivity index (χ3v) is 4.32. The van der Waals surface area contributed by atoms with Crippen LogP contribution in [0.25, 0.3) is 11.3 Å². The fourth-order valence-electron chi connectivity index (χ4n) is 2.98. The molecule has 0 aliphatic carbocycles. The van der Waals surface area contributed by atoms with Gasteiger partial charge < -0.3 is 9.32 Å². The number of rotatable bonds is 3. The maximum absolute atomic E-state index is 12.2. The molecule has 1 aromatic carbocycles. The Hall–Kier alpha value is -2.87. The molecule has 1 saturated heterocycles. The van der Waals surface area contributed by atoms with Gasteiger partial charge in [0.15, 0.2) is 11.3 Å². The number of carbonyl (C=O) groups excluding carboxylic acids is 1. The number of ketones is 1. The Morgan fingerprint density at radius 2 is 1.83 bits per heavy atom. The molecule has 0 N–H and O–H groups in total. The Labute approximate surface area is 140 Å². The number of nitrogens with zero attached hydrogens (tertiary/aromatic N) is 2. The van der Waals surface area contributed by atoms with Crippen LogP contribution in [0, 0.1) is 11.3 Å². The molecular weight excluding hydrogens is 304 g/mol. The van der Waals surface area contributed by atoms with Crippen LogP contribution in [-0.4, -0.2) is 18.9 Å². The summed E-state index contributed by atoms with van der Waals surface area (Å²) in [5.74, 6) is 0.395. The molecule has 0 atom stereocenters. The Kier molecular flexibility index (Phi) is 4.48. The maximum atomic E-state index is 12.2. The van der Waals surface area contributed by atoms with Crippen LogP contribution < -0.4 is 10.5 Å². The lowest BCUT2D eigenvalue weighted by Gasteiger charge is -2.29. The van der Waals surface area contributed by atoms with Crippen LogP contribution in [0.4, 0.5) is 5.69 Å². The molecule has 0 bridgehead atoms. The highest BCUT2D eigenvalue weighted by Gasteiger charge is 2.20. The van der Waals surface area contributed by atoms with Crippen molar-refractivity contribution >= 4 is 11.5 Å². The summed E-state index contributed by atoms with van der Waals surface area (Å²) in [4.78, 5) is 25.7. The highest BCUT2D eigenvalue weighted by Crippen LogP contribution is 2.28. The first kappa shape index (κ1) is 16.0. The normalized spacial score (nSPS) is 14.2. The topological polar surface area (TPSA) is 74.3 Å². The molecule has 2 heterocycles. The van der Waals surface area contributed by atoms with Crippen molar-refractivity contribution in [1.29, 1.82) is 5.26 Å². The summed E-state index contributed by atoms with van der Waals surface area (Å²) in [6, 6.07) is 10.6. The van der Waals surface area contributed by atoms with Gasteiger partial charge in [-0.05, 0) is 26.2 Å². The van der Waals surface area contributed by atoms with E-state index in [2.05, 4.69) is 4.90 Å². The number of hydrogen-bond donors (Lipinski definition) is 0. The van der Waals surface area contributed by atoms with Crippen LogP contribution in [0.5, 0.6) is 0 Å². The third-order valence-electron chi connectivity index (χ3n) is 4.32. The van der Waals surface area contributed by atoms with E-state index in [1.54, 1.807) is 30.3 Å². The molecule has 122 valence electrons. The molecule has 1 aliphatic rings. The molecule has 1 fully saturated rings. The van der Waals surface area contributed by atoms with Gasteiger partial charge in [-0.25, -0.2) is 4.79 Å². The Morgan fingerprint density at radius 1 is 1.17 bits per heavy atom. The van der Waals surface area contributed by atoms with Crippen LogP contribution in [0.15, 0.2) is 39.5 Å². The number of anilines is 1. The van der Waals surface area contributed by atoms with Crippen molar-refractivity contribution in [3.8, 4) is 17.4 Å². The Morgan fingerprint density at radius 3 is 2.42 bits per heavy atom. The summed E-state index contributed by atoms with van der Waals surface area (Å²) < 4.78 is 5.33. The van der Waals surface area contributed by atoms with Crippen molar-refractivity contribution in [2.24, 2.45) is 0 Å². The molecule has 24 heavy (non-hydrogen) atoms. The van der Waals surface area contributed by atoms with Crippen LogP contribution in [0.1, 0.15) is 42.1 Å². The number of nitriles is 1. The van der Waals surface area contributed by atoms with Crippen LogP contribution in [0.3, 0.4) is 0 Å². The van der Waals surface area contributed by atoms with Gasteiger partial charge in [0, 0.05) is 30.3 Å². The van der Waals surface area contributed by atoms with E-state index in [0.717, 1.165) is 25.9 Å². The first-order chi connectivity index (χ1) is 11.6. The second-order valence-electron chi connectivity index (χ2n) is 5.95. The smallest absolute Gasteiger partial charge is 0.356 e. The van der Waals surface area contributed by atoms with Crippen molar-refractivity contribution in [2.45, 2.75) is 26.2 Å². The highest BCUT2D eigenvalue weighted by atomic mass is 16.4. The predicted molar refractivity (Wildman–Crippen MR) is 91.2 cm³/mol. The van der Waals surface area contributed by atoms with E-state index in [1.165, 1.54) is 13.3 Å². The zero-order valence-electron chi connectivity index (χ0n) is 13.5. The molecule has 0 amide bonds. The molecular formula is C19H18N2O3. The Balaban J connectivity index is 2.06. The number of Topliss-reactive ketones (excluding diaryl/α,β-unsaturated/α-hetero) is 1. The third kappa shape index (κ3) is 3.09. The van der Waals surface area contributed by atoms with Gasteiger partial charge in [-0.15, -0.1) is 0 Å². The van der Waals surface area contributed by atoms with E-state index in [0.29, 0.717) is 22.6 Å². The van der Waals surface area contributed by atoms with Crippen LogP contribution in [-0.2, 0) is 0 Å². The van der Waals surface area contributed by atoms with E-state index < -0.39 is 5.63 Å². The minimum atomic E-state index is -0.619. The zero-order valence-corrected chi connectivity index (χ0v) is 13.5. The maximum Gasteiger partial charge on any atom is 0.356 e. The van der Waals surface area contributed by atoms with Crippen molar-refractivity contribution < 1.29 is 9.21 Å². The minimum absolute atomic E-state index is 0.0168. The number of piperidine rings is 1. The zero-order chi connectivity index (χ0) is 17.1. The summed E-state index contributed by atoms with van der Waals surface area (Å²) in [6.07, 6.45) is 3.26. The van der Waals surface area contributed by atoms with E-state index in [-0.39, 0.29) is 11.3 Å². The van der Waals surface area contributed by atoms with Crippen molar-refractivity contribution in [2.75, 3.05) is 18.0 Å². The van der Waals surface area contributed by atoms with Gasteiger partial charge in [0.05, 0.1) is 5.69 Å². The minimum Gasteiger partial charge on any atom is -0.422 e. The number of carbonyl (C=O) groups is 1. The number of benzene rings is 1. The summed E-state index contributed by atoms with van der Waals surface area (Å²) in [5, 5.41) is 9.31. The molecule has 5 nitrogen and oxygen atoms in total. The molecule has 3 rings (SSSR count). The summed E-state index contributed by atoms with van der Waals surface area (Å²) in [5.41, 5.74) is 1.39. The fraction of sp³-hybridized carbons (Fsp3) is 0.316. The second-order valence-corrected chi connectivity index (χ2v) is 5.95. The molecule has 0 saturated carbocycles. The number of hydrogen-bond acceptors (Lipinski definition) is 5. The van der Waals surface area contributed by atoms with Gasteiger partial charge in [-0.1, -0.05) is 24.3 Å². The van der Waals surface area contributed by atoms with E-state index >= 15 is 0 Å². The molecule has 5 heteroatoms. The van der Waals surface area contributed by atoms with Crippen molar-refractivity contribution in [3.05, 3.63) is 51.9 Å². The molecule has 0 radical (unpaired) electrons. The lowest BCUT2D eigenvalue weighted by Crippen LogP contribution is -2.31. The first-order valence-corrected chi connectivity index (χ1v) is 8.04. The predicted octanol–water partition coefficient (Wildman–Crippen LogP) is 3.37. The monoisotopic (exact) mass is 322 g/mol. The average Bonchev–Trinajstić information content (AvgIpc) is 2.62. The molecule has 1 aromatic heterocycles. The molecule has 0 spiro atoms. The van der Waals surface area contributed by atoms with E-state index in [9.17, 15) is 14.9 Å². The van der Waals surface area contributed by atoms with Gasteiger partial charge in [-0.3, -0.25) is 4.79 Å². The Bertz CT molecular complexity index is 854. The van der Waals surface area contributed by atoms with Crippen LogP contribution >= 0.6 is 0 Å². The fourth-order valence-corrected chi connectivity index (χ4v) is 2.98. The first-order valence-electron chi connectivity index (χ1n) is 8.04. The SMILES string of the molecule is CC(=O)c1ccc(-c2cc(N3CCCCC3)c(C#N)c(=O)o2)cc1. The lowest BCUT2D eigenvalue weighted by atomic mass is 10.0. The van der Waals surface area contributed by atoms with Gasteiger partial charge >= 0.3 is 5.63 Å². The van der Waals surface area contributed by atoms with Gasteiger partial charge in [0.2, 0.25) is 0 Å². The average molecular weight is 322 g/mol. The molecule has 0 unspecified atom stereocenters. The van der Waals surface area contributed by atoms with E-state index in [4.69, 9.17) is 4.42 Å². The highest BCUT2D eigenvalue weighted by molar-refractivity contribution is 5.94. The largest absolute Gasteiger partial charge is 0.422 e. The van der Waals surface area contributed by atoms with Crippen LogP contribution in [0.2, 0.25) is 0 Å². The molecule has 1 aliphatic heterocycles. The van der Waals surface area contributed by atoms with Gasteiger partial charge in [0.25, 0.3) is 0 Å². The van der Waals surface area contributed by atoms with Gasteiger partial charge in [0.1, 0.15) is 11.8 Å². The lowest BCUT2D eigenvalue weighted by molar-refractivity contribution is 0.101.